The third-order valence-electron chi connectivity index (χ3n) is 12.0. The van der Waals surface area contributed by atoms with E-state index in [9.17, 15) is 24.3 Å². The van der Waals surface area contributed by atoms with Crippen LogP contribution in [0.5, 0.6) is 0 Å². The Balaban J connectivity index is 1.39. The van der Waals surface area contributed by atoms with Crippen LogP contribution in [0.4, 0.5) is 11.4 Å². The van der Waals surface area contributed by atoms with Crippen molar-refractivity contribution < 1.29 is 19.4 Å². The lowest BCUT2D eigenvalue weighted by atomic mass is 9.44. The van der Waals surface area contributed by atoms with Crippen LogP contribution in [0.3, 0.4) is 0 Å². The molecule has 8 nitrogen and oxygen atoms in total. The summed E-state index contributed by atoms with van der Waals surface area (Å²) in [6.07, 6.45) is 7.73. The number of carbonyl (C=O) groups excluding carboxylic acids is 2. The smallest absolute Gasteiger partial charge is 0.325 e. The zero-order valence-corrected chi connectivity index (χ0v) is 26.0. The molecule has 8 atom stereocenters. The molecule has 41 heavy (non-hydrogen) atoms. The van der Waals surface area contributed by atoms with E-state index in [0.29, 0.717) is 36.9 Å². The molecule has 9 heteroatoms. The van der Waals surface area contributed by atoms with E-state index in [-0.39, 0.29) is 41.2 Å². The number of ketones is 1. The fraction of sp³-hybridized carbons (Fsp3) is 0.750. The molecule has 0 radical (unpaired) electrons. The number of hydrogen-bond donors (Lipinski definition) is 2. The number of anilines is 2. The predicted octanol–water partition coefficient (Wildman–Crippen LogP) is 3.93. The van der Waals surface area contributed by atoms with Gasteiger partial charge in [-0.2, -0.15) is 11.8 Å². The standard InChI is InChI=1S/C32H46N2O6S/c1-7-30(4)16-22(31(5)18(2)8-12-32(19(3)29(30)39)13-9-21(35)28(31)32)40-23(36)17-33-24-25(27(38)26(24)37)34-14-10-20(41-6)11-15-34/h7,18-20,22,28-29,33,39H,1,8-17H2,2-6H3/t18-,19+,22-,28+,29+,30-,31+,32+/m1/s1. The van der Waals surface area contributed by atoms with Gasteiger partial charge in [0.15, 0.2) is 0 Å². The molecule has 2 bridgehead atoms. The third kappa shape index (κ3) is 4.60. The largest absolute Gasteiger partial charge is 0.460 e. The van der Waals surface area contributed by atoms with Gasteiger partial charge in [0, 0.05) is 41.5 Å². The van der Waals surface area contributed by atoms with Crippen molar-refractivity contribution in [2.75, 3.05) is 36.1 Å². The normalized spacial score (nSPS) is 39.6. The number of esters is 1. The zero-order chi connectivity index (χ0) is 29.9. The van der Waals surface area contributed by atoms with Gasteiger partial charge in [0.2, 0.25) is 0 Å². The fourth-order valence-electron chi connectivity index (χ4n) is 9.02. The summed E-state index contributed by atoms with van der Waals surface area (Å²) in [5.74, 6) is -0.597. The number of nitrogens with zero attached hydrogens (tertiary/aromatic N) is 1. The second-order valence-corrected chi connectivity index (χ2v) is 14.9. The lowest BCUT2D eigenvalue weighted by molar-refractivity contribution is -0.205. The molecule has 5 rings (SSSR count). The van der Waals surface area contributed by atoms with Gasteiger partial charge < -0.3 is 20.1 Å². The fourth-order valence-corrected chi connectivity index (χ4v) is 9.70. The van der Waals surface area contributed by atoms with Crippen LogP contribution in [-0.4, -0.2) is 60.2 Å². The summed E-state index contributed by atoms with van der Waals surface area (Å²) in [5.41, 5.74) is -2.20. The zero-order valence-electron chi connectivity index (χ0n) is 25.2. The van der Waals surface area contributed by atoms with Crippen molar-refractivity contribution in [3.8, 4) is 0 Å². The summed E-state index contributed by atoms with van der Waals surface area (Å²) in [7, 11) is 0. The summed E-state index contributed by atoms with van der Waals surface area (Å²) in [5, 5.41) is 15.2. The number of piperidine rings is 1. The summed E-state index contributed by atoms with van der Waals surface area (Å²) in [6, 6.07) is 0. The van der Waals surface area contributed by atoms with E-state index in [1.165, 1.54) is 0 Å². The highest BCUT2D eigenvalue weighted by Gasteiger charge is 2.68. The first kappa shape index (κ1) is 30.3. The molecule has 4 fully saturated rings. The number of thioether (sulfide) groups is 1. The molecule has 3 saturated carbocycles. The molecule has 1 heterocycles. The van der Waals surface area contributed by atoms with Crippen LogP contribution >= 0.6 is 11.8 Å². The Labute approximate surface area is 247 Å². The Morgan fingerprint density at radius 2 is 1.83 bits per heavy atom. The monoisotopic (exact) mass is 586 g/mol. The molecule has 2 N–H and O–H groups in total. The molecule has 1 aromatic carbocycles. The van der Waals surface area contributed by atoms with Gasteiger partial charge in [-0.15, -0.1) is 6.58 Å². The van der Waals surface area contributed by atoms with Gasteiger partial charge in [-0.05, 0) is 62.0 Å². The van der Waals surface area contributed by atoms with E-state index >= 15 is 0 Å². The van der Waals surface area contributed by atoms with E-state index in [2.05, 4.69) is 38.9 Å². The average Bonchev–Trinajstić information content (AvgIpc) is 3.33. The molecular formula is C32H46N2O6S. The van der Waals surface area contributed by atoms with Gasteiger partial charge >= 0.3 is 5.97 Å². The number of Topliss-reactive ketones (excluding diaryl/α,β-unsaturated/α-hetero) is 1. The highest BCUT2D eigenvalue weighted by Crippen LogP contribution is 2.68. The Morgan fingerprint density at radius 1 is 1.15 bits per heavy atom. The van der Waals surface area contributed by atoms with E-state index in [4.69, 9.17) is 4.74 Å². The first-order valence-corrected chi connectivity index (χ1v) is 16.5. The Bertz CT molecular complexity index is 1280. The highest BCUT2D eigenvalue weighted by molar-refractivity contribution is 7.99. The summed E-state index contributed by atoms with van der Waals surface area (Å²) in [6.45, 7) is 13.5. The molecule has 0 spiro atoms. The van der Waals surface area contributed by atoms with Crippen LogP contribution in [0.25, 0.3) is 0 Å². The van der Waals surface area contributed by atoms with E-state index in [1.54, 1.807) is 6.08 Å². The number of carbonyl (C=O) groups is 2. The number of rotatable bonds is 7. The average molecular weight is 587 g/mol. The van der Waals surface area contributed by atoms with Crippen LogP contribution < -0.4 is 21.1 Å². The summed E-state index contributed by atoms with van der Waals surface area (Å²) < 4.78 is 6.26. The second kappa shape index (κ2) is 10.9. The summed E-state index contributed by atoms with van der Waals surface area (Å²) in [4.78, 5) is 53.9. The second-order valence-electron chi connectivity index (χ2n) is 13.7. The number of aliphatic hydroxyl groups is 1. The molecule has 0 aromatic heterocycles. The van der Waals surface area contributed by atoms with Gasteiger partial charge in [-0.25, -0.2) is 0 Å². The molecule has 0 unspecified atom stereocenters. The number of ether oxygens (including phenoxy) is 1. The van der Waals surface area contributed by atoms with Gasteiger partial charge in [-0.3, -0.25) is 19.2 Å². The first-order valence-electron chi connectivity index (χ1n) is 15.2. The predicted molar refractivity (Wildman–Crippen MR) is 163 cm³/mol. The van der Waals surface area contributed by atoms with E-state index in [1.807, 2.05) is 23.6 Å². The molecule has 1 saturated heterocycles. The van der Waals surface area contributed by atoms with Crippen LogP contribution in [0.2, 0.25) is 0 Å². The highest BCUT2D eigenvalue weighted by atomic mass is 32.2. The van der Waals surface area contributed by atoms with Crippen LogP contribution in [-0.2, 0) is 14.3 Å². The number of nitrogens with one attached hydrogen (secondary N) is 1. The van der Waals surface area contributed by atoms with E-state index in [0.717, 1.165) is 32.1 Å². The molecule has 0 amide bonds. The molecule has 3 aliphatic carbocycles. The molecule has 1 aliphatic heterocycles. The summed E-state index contributed by atoms with van der Waals surface area (Å²) >= 11 is 1.82. The minimum absolute atomic E-state index is 0.0967. The maximum absolute atomic E-state index is 13.6. The third-order valence-corrected chi connectivity index (χ3v) is 13.1. The van der Waals surface area contributed by atoms with Crippen molar-refractivity contribution >= 4 is 34.9 Å². The molecule has 4 aliphatic rings. The van der Waals surface area contributed by atoms with Crippen molar-refractivity contribution in [2.24, 2.45) is 34.0 Å². The molecular weight excluding hydrogens is 540 g/mol. The Kier molecular flexibility index (Phi) is 8.03. The topological polar surface area (TPSA) is 113 Å². The van der Waals surface area contributed by atoms with Gasteiger partial charge in [0.05, 0.1) is 6.10 Å². The van der Waals surface area contributed by atoms with Crippen LogP contribution in [0, 0.1) is 34.0 Å². The lowest BCUT2D eigenvalue weighted by Gasteiger charge is -2.61. The Morgan fingerprint density at radius 3 is 2.46 bits per heavy atom. The van der Waals surface area contributed by atoms with Crippen LogP contribution in [0.15, 0.2) is 22.2 Å². The number of aliphatic hydroxyl groups excluding tert-OH is 1. The maximum atomic E-state index is 13.6. The SMILES string of the molecule is C=C[C@]1(C)C[C@@H](OC(=O)CNc2c(N3CCC(SC)CC3)c(=O)c2=O)[C@]2(C)[C@H](C)CC[C@]3(CCC(=O)[C@H]32)[C@@H](C)[C@@H]1O. The van der Waals surface area contributed by atoms with Crippen molar-refractivity contribution in [3.63, 3.8) is 0 Å². The minimum Gasteiger partial charge on any atom is -0.460 e. The minimum atomic E-state index is -0.729. The quantitative estimate of drug-likeness (QED) is 0.279. The van der Waals surface area contributed by atoms with Gasteiger partial charge in [0.1, 0.15) is 29.8 Å². The first-order chi connectivity index (χ1) is 19.3. The van der Waals surface area contributed by atoms with Crippen molar-refractivity contribution in [2.45, 2.75) is 90.1 Å². The van der Waals surface area contributed by atoms with Crippen molar-refractivity contribution in [1.82, 2.24) is 0 Å². The van der Waals surface area contributed by atoms with Gasteiger partial charge in [0.25, 0.3) is 10.9 Å². The van der Waals surface area contributed by atoms with E-state index < -0.39 is 39.9 Å². The molecule has 1 aromatic rings. The van der Waals surface area contributed by atoms with Crippen molar-refractivity contribution in [1.29, 1.82) is 0 Å². The van der Waals surface area contributed by atoms with Crippen molar-refractivity contribution in [3.05, 3.63) is 33.1 Å². The molecule has 226 valence electrons. The van der Waals surface area contributed by atoms with Gasteiger partial charge in [-0.1, -0.05) is 33.8 Å². The maximum Gasteiger partial charge on any atom is 0.325 e. The Hall–Kier alpha value is -2.13. The lowest BCUT2D eigenvalue weighted by Crippen LogP contribution is -2.63. The number of hydrogen-bond acceptors (Lipinski definition) is 9. The van der Waals surface area contributed by atoms with Crippen LogP contribution in [0.1, 0.15) is 72.6 Å².